The van der Waals surface area contributed by atoms with Crippen LogP contribution in [0.2, 0.25) is 5.02 Å². The number of benzene rings is 1. The first-order valence-corrected chi connectivity index (χ1v) is 9.57. The van der Waals surface area contributed by atoms with Crippen molar-refractivity contribution in [2.24, 2.45) is 0 Å². The second-order valence-electron chi connectivity index (χ2n) is 4.79. The Kier molecular flexibility index (Phi) is 5.79. The molecule has 0 aromatic heterocycles. The van der Waals surface area contributed by atoms with Crippen LogP contribution in [0, 0.1) is 0 Å². The van der Waals surface area contributed by atoms with Gasteiger partial charge in [0.25, 0.3) is 0 Å². The summed E-state index contributed by atoms with van der Waals surface area (Å²) in [5.41, 5.74) is 0.350. The highest BCUT2D eigenvalue weighted by molar-refractivity contribution is 7.99. The van der Waals surface area contributed by atoms with Gasteiger partial charge in [-0.05, 0) is 30.7 Å². The summed E-state index contributed by atoms with van der Waals surface area (Å²) in [7, 11) is -2.37. The standard InChI is InChI=1S/C13H18ClNO4S2/c1-19-13-9(7-16)5-10(14)6-12(13)21(17,18)15-11-3-2-4-20-8-11/h5-6,11,15-16H,2-4,7-8H2,1H3. The normalized spacial score (nSPS) is 19.5. The summed E-state index contributed by atoms with van der Waals surface area (Å²) in [6.45, 7) is -0.342. The van der Waals surface area contributed by atoms with Crippen molar-refractivity contribution in [3.8, 4) is 5.75 Å². The van der Waals surface area contributed by atoms with E-state index in [1.54, 1.807) is 11.8 Å². The van der Waals surface area contributed by atoms with E-state index in [0.29, 0.717) is 5.56 Å². The fraction of sp³-hybridized carbons (Fsp3) is 0.538. The highest BCUT2D eigenvalue weighted by Gasteiger charge is 2.26. The molecule has 5 nitrogen and oxygen atoms in total. The molecule has 0 aliphatic carbocycles. The van der Waals surface area contributed by atoms with Gasteiger partial charge in [-0.2, -0.15) is 11.8 Å². The smallest absolute Gasteiger partial charge is 0.244 e. The van der Waals surface area contributed by atoms with Gasteiger partial charge in [-0.25, -0.2) is 13.1 Å². The molecule has 1 unspecified atom stereocenters. The summed E-state index contributed by atoms with van der Waals surface area (Å²) in [5.74, 6) is 1.96. The average molecular weight is 352 g/mol. The zero-order valence-corrected chi connectivity index (χ0v) is 14.0. The van der Waals surface area contributed by atoms with Gasteiger partial charge < -0.3 is 9.84 Å². The summed E-state index contributed by atoms with van der Waals surface area (Å²) in [6.07, 6.45) is 1.81. The lowest BCUT2D eigenvalue weighted by Gasteiger charge is -2.23. The van der Waals surface area contributed by atoms with Crippen molar-refractivity contribution < 1.29 is 18.3 Å². The number of aliphatic hydroxyl groups is 1. The van der Waals surface area contributed by atoms with Gasteiger partial charge >= 0.3 is 0 Å². The predicted octanol–water partition coefficient (Wildman–Crippen LogP) is 2.01. The number of nitrogens with one attached hydrogen (secondary N) is 1. The molecule has 2 N–H and O–H groups in total. The van der Waals surface area contributed by atoms with Gasteiger partial charge in [-0.3, -0.25) is 0 Å². The molecule has 1 heterocycles. The van der Waals surface area contributed by atoms with E-state index in [9.17, 15) is 13.5 Å². The molecule has 1 aromatic carbocycles. The second kappa shape index (κ2) is 7.19. The lowest BCUT2D eigenvalue weighted by atomic mass is 10.2. The molecule has 21 heavy (non-hydrogen) atoms. The van der Waals surface area contributed by atoms with Crippen molar-refractivity contribution in [3.63, 3.8) is 0 Å². The highest BCUT2D eigenvalue weighted by Crippen LogP contribution is 2.32. The SMILES string of the molecule is COc1c(CO)cc(Cl)cc1S(=O)(=O)NC1CCCSC1. The molecule has 1 atom stereocenters. The highest BCUT2D eigenvalue weighted by atomic mass is 35.5. The molecule has 1 aliphatic rings. The van der Waals surface area contributed by atoms with Crippen molar-refractivity contribution in [1.29, 1.82) is 0 Å². The quantitative estimate of drug-likeness (QED) is 0.848. The van der Waals surface area contributed by atoms with E-state index in [4.69, 9.17) is 16.3 Å². The van der Waals surface area contributed by atoms with E-state index in [1.807, 2.05) is 0 Å². The third kappa shape index (κ3) is 4.04. The average Bonchev–Trinajstić information content (AvgIpc) is 2.46. The Morgan fingerprint density at radius 2 is 2.29 bits per heavy atom. The second-order valence-corrected chi connectivity index (χ2v) is 8.06. The van der Waals surface area contributed by atoms with Gasteiger partial charge in [0.05, 0.1) is 13.7 Å². The number of aliphatic hydroxyl groups excluding tert-OH is 1. The Morgan fingerprint density at radius 3 is 2.86 bits per heavy atom. The number of ether oxygens (including phenoxy) is 1. The van der Waals surface area contributed by atoms with E-state index >= 15 is 0 Å². The molecule has 1 aromatic rings. The first-order chi connectivity index (χ1) is 9.97. The van der Waals surface area contributed by atoms with Crippen LogP contribution in [-0.4, -0.2) is 38.2 Å². The zero-order valence-electron chi connectivity index (χ0n) is 11.6. The number of methoxy groups -OCH3 is 1. The lowest BCUT2D eigenvalue weighted by Crippen LogP contribution is -2.38. The van der Waals surface area contributed by atoms with Crippen molar-refractivity contribution >= 4 is 33.4 Å². The molecule has 0 spiro atoms. The molecule has 1 fully saturated rings. The van der Waals surface area contributed by atoms with Crippen molar-refractivity contribution in [2.75, 3.05) is 18.6 Å². The van der Waals surface area contributed by atoms with E-state index in [2.05, 4.69) is 4.72 Å². The Bertz CT molecular complexity index is 600. The fourth-order valence-electron chi connectivity index (χ4n) is 2.29. The molecule has 1 aliphatic heterocycles. The molecule has 0 amide bonds. The van der Waals surface area contributed by atoms with E-state index < -0.39 is 10.0 Å². The first kappa shape index (κ1) is 16.9. The Balaban J connectivity index is 2.36. The number of sulfonamides is 1. The molecule has 0 bridgehead atoms. The number of thioether (sulfide) groups is 1. The molecule has 2 rings (SSSR count). The van der Waals surface area contributed by atoms with E-state index in [1.165, 1.54) is 19.2 Å². The zero-order chi connectivity index (χ0) is 15.5. The van der Waals surface area contributed by atoms with Crippen LogP contribution in [0.5, 0.6) is 5.75 Å². The van der Waals surface area contributed by atoms with Gasteiger partial charge in [0, 0.05) is 22.4 Å². The van der Waals surface area contributed by atoms with Crippen molar-refractivity contribution in [3.05, 3.63) is 22.7 Å². The Labute approximate surface area is 134 Å². The maximum atomic E-state index is 12.6. The summed E-state index contributed by atoms with van der Waals surface area (Å²) in [5, 5.41) is 9.58. The van der Waals surface area contributed by atoms with Crippen LogP contribution in [0.3, 0.4) is 0 Å². The van der Waals surface area contributed by atoms with Crippen LogP contribution in [-0.2, 0) is 16.6 Å². The van der Waals surface area contributed by atoms with Gasteiger partial charge in [-0.15, -0.1) is 0 Å². The lowest BCUT2D eigenvalue weighted by molar-refractivity contribution is 0.272. The Morgan fingerprint density at radius 1 is 1.52 bits per heavy atom. The summed E-state index contributed by atoms with van der Waals surface area (Å²) < 4.78 is 33.0. The van der Waals surface area contributed by atoms with Gasteiger partial charge in [0.2, 0.25) is 10.0 Å². The monoisotopic (exact) mass is 351 g/mol. The van der Waals surface area contributed by atoms with Crippen LogP contribution in [0.25, 0.3) is 0 Å². The maximum Gasteiger partial charge on any atom is 0.244 e. The summed E-state index contributed by atoms with van der Waals surface area (Å²) in [4.78, 5) is -0.0304. The minimum absolute atomic E-state index is 0.0304. The van der Waals surface area contributed by atoms with Crippen LogP contribution < -0.4 is 9.46 Å². The molecular formula is C13H18ClNO4S2. The molecule has 8 heteroatoms. The number of rotatable bonds is 5. The van der Waals surface area contributed by atoms with Crippen molar-refractivity contribution in [1.82, 2.24) is 4.72 Å². The molecule has 1 saturated heterocycles. The van der Waals surface area contributed by atoms with Gasteiger partial charge in [0.1, 0.15) is 10.6 Å². The largest absolute Gasteiger partial charge is 0.495 e. The van der Waals surface area contributed by atoms with Crippen LogP contribution in [0.1, 0.15) is 18.4 Å². The third-order valence-electron chi connectivity index (χ3n) is 3.24. The molecule has 0 radical (unpaired) electrons. The van der Waals surface area contributed by atoms with Crippen molar-refractivity contribution in [2.45, 2.75) is 30.4 Å². The predicted molar refractivity (Wildman–Crippen MR) is 84.6 cm³/mol. The summed E-state index contributed by atoms with van der Waals surface area (Å²) in [6, 6.07) is 2.75. The van der Waals surface area contributed by atoms with Crippen LogP contribution >= 0.6 is 23.4 Å². The minimum atomic E-state index is -3.74. The van der Waals surface area contributed by atoms with Crippen LogP contribution in [0.4, 0.5) is 0 Å². The molecule has 118 valence electrons. The van der Waals surface area contributed by atoms with E-state index in [0.717, 1.165) is 24.3 Å². The molecule has 0 saturated carbocycles. The number of hydrogen-bond donors (Lipinski definition) is 2. The minimum Gasteiger partial charge on any atom is -0.495 e. The fourth-order valence-corrected chi connectivity index (χ4v) is 5.28. The number of halogens is 1. The third-order valence-corrected chi connectivity index (χ3v) is 6.20. The van der Waals surface area contributed by atoms with Crippen LogP contribution in [0.15, 0.2) is 17.0 Å². The van der Waals surface area contributed by atoms with Gasteiger partial charge in [-0.1, -0.05) is 11.6 Å². The maximum absolute atomic E-state index is 12.6. The molecular weight excluding hydrogens is 334 g/mol. The van der Waals surface area contributed by atoms with E-state index in [-0.39, 0.29) is 28.3 Å². The summed E-state index contributed by atoms with van der Waals surface area (Å²) >= 11 is 7.68. The van der Waals surface area contributed by atoms with Gasteiger partial charge in [0.15, 0.2) is 0 Å². The number of hydrogen-bond acceptors (Lipinski definition) is 5. The first-order valence-electron chi connectivity index (χ1n) is 6.55. The Hall–Kier alpha value is -0.470. The topological polar surface area (TPSA) is 75.6 Å².